The largest absolute Gasteiger partial charge is 0.633 e. The molecule has 0 heterocycles. The Labute approximate surface area is 213 Å². The maximum absolute atomic E-state index is 8.97. The Morgan fingerprint density at radius 1 is 0.629 bits per heavy atom. The van der Waals surface area contributed by atoms with Crippen molar-refractivity contribution in [1.29, 1.82) is 0 Å². The van der Waals surface area contributed by atoms with Crippen LogP contribution in [0.15, 0.2) is 91.0 Å². The molecule has 0 aliphatic rings. The summed E-state index contributed by atoms with van der Waals surface area (Å²) in [6.07, 6.45) is 1.48. The predicted octanol–water partition coefficient (Wildman–Crippen LogP) is 5.67. The molecule has 3 aromatic rings. The van der Waals surface area contributed by atoms with E-state index >= 15 is 0 Å². The topological polar surface area (TPSA) is 49.7 Å². The third-order valence-corrected chi connectivity index (χ3v) is 7.45. The van der Waals surface area contributed by atoms with E-state index in [0.29, 0.717) is 6.42 Å². The first kappa shape index (κ1) is 28.8. The molecule has 4 nitrogen and oxygen atoms in total. The summed E-state index contributed by atoms with van der Waals surface area (Å²) in [4.78, 5) is 0. The molecule has 0 saturated heterocycles. The molecule has 0 unspecified atom stereocenters. The number of hydrogen-bond acceptors (Lipinski definition) is 3. The lowest BCUT2D eigenvalue weighted by atomic mass is 9.67. The van der Waals surface area contributed by atoms with Gasteiger partial charge in [-0.3, -0.25) is 0 Å². The molecule has 2 N–H and O–H groups in total. The normalized spacial score (nSPS) is 11.5. The highest BCUT2D eigenvalue weighted by atomic mass is 16.6. The second-order valence-corrected chi connectivity index (χ2v) is 8.91. The Balaban J connectivity index is 0.000000410. The van der Waals surface area contributed by atoms with Gasteiger partial charge in [-0.15, -0.1) is 0 Å². The molecule has 0 aliphatic carbocycles. The second kappa shape index (κ2) is 14.8. The Morgan fingerprint density at radius 3 is 1.23 bits per heavy atom. The van der Waals surface area contributed by atoms with E-state index in [1.165, 1.54) is 47.4 Å². The molecule has 0 radical (unpaired) electrons. The van der Waals surface area contributed by atoms with Crippen LogP contribution in [0.4, 0.5) is 0 Å². The zero-order valence-electron chi connectivity index (χ0n) is 21.9. The third-order valence-electron chi connectivity index (χ3n) is 7.45. The van der Waals surface area contributed by atoms with Crippen molar-refractivity contribution in [1.82, 2.24) is 0 Å². The minimum atomic E-state index is -1.73. The summed E-state index contributed by atoms with van der Waals surface area (Å²) in [6.45, 7) is 14.5. The van der Waals surface area contributed by atoms with Gasteiger partial charge in [-0.1, -0.05) is 91.0 Å². The lowest BCUT2D eigenvalue weighted by Gasteiger charge is -2.36. The summed E-state index contributed by atoms with van der Waals surface area (Å²) in [6, 6.07) is 31.4. The van der Waals surface area contributed by atoms with Gasteiger partial charge in [0.05, 0.1) is 26.2 Å². The van der Waals surface area contributed by atoms with E-state index in [0.717, 1.165) is 6.42 Å². The summed E-state index contributed by atoms with van der Waals surface area (Å²) in [5.74, 6) is 0. The monoisotopic (exact) mass is 476 g/mol. The van der Waals surface area contributed by atoms with E-state index in [1.54, 1.807) is 0 Å². The molecule has 0 bridgehead atoms. The first-order chi connectivity index (χ1) is 17.0. The van der Waals surface area contributed by atoms with Crippen molar-refractivity contribution in [3.05, 3.63) is 108 Å². The number of quaternary nitrogens is 1. The number of nitrogens with zero attached hydrogens (tertiary/aromatic N) is 1. The van der Waals surface area contributed by atoms with E-state index in [-0.39, 0.29) is 12.0 Å². The summed E-state index contributed by atoms with van der Waals surface area (Å²) in [5, 5.41) is 17.9. The van der Waals surface area contributed by atoms with E-state index in [4.69, 9.17) is 14.7 Å². The van der Waals surface area contributed by atoms with Gasteiger partial charge in [-0.2, -0.15) is 0 Å². The van der Waals surface area contributed by atoms with Gasteiger partial charge in [-0.25, -0.2) is 0 Å². The SMILES string of the molecule is CC[N+](CC)(CC)CC.OB(O)OCCCC(c1ccccc1)(c1ccccc1)c1ccccc1. The van der Waals surface area contributed by atoms with Gasteiger partial charge in [-0.05, 0) is 57.2 Å². The molecule has 5 heteroatoms. The van der Waals surface area contributed by atoms with Crippen molar-refractivity contribution < 1.29 is 19.2 Å². The molecular formula is C30H43BNO3+. The van der Waals surface area contributed by atoms with E-state index < -0.39 is 7.32 Å². The molecule has 0 aliphatic heterocycles. The first-order valence-corrected chi connectivity index (χ1v) is 13.0. The lowest BCUT2D eigenvalue weighted by molar-refractivity contribution is -0.921. The fourth-order valence-electron chi connectivity index (χ4n) is 4.97. The van der Waals surface area contributed by atoms with Gasteiger partial charge < -0.3 is 19.2 Å². The van der Waals surface area contributed by atoms with Crippen LogP contribution in [-0.2, 0) is 10.1 Å². The van der Waals surface area contributed by atoms with Crippen LogP contribution in [0, 0.1) is 0 Å². The van der Waals surface area contributed by atoms with Crippen LogP contribution in [0.1, 0.15) is 57.2 Å². The van der Waals surface area contributed by atoms with Crippen molar-refractivity contribution in [2.75, 3.05) is 32.8 Å². The van der Waals surface area contributed by atoms with Crippen LogP contribution in [0.3, 0.4) is 0 Å². The summed E-state index contributed by atoms with van der Waals surface area (Å²) in [5.41, 5.74) is 3.30. The molecule has 3 rings (SSSR count). The Morgan fingerprint density at radius 2 is 0.971 bits per heavy atom. The van der Waals surface area contributed by atoms with Gasteiger partial charge >= 0.3 is 7.32 Å². The lowest BCUT2D eigenvalue weighted by Crippen LogP contribution is -2.47. The highest BCUT2D eigenvalue weighted by Crippen LogP contribution is 2.42. The third kappa shape index (κ3) is 7.78. The fourth-order valence-corrected chi connectivity index (χ4v) is 4.97. The minimum Gasteiger partial charge on any atom is -0.402 e. The zero-order chi connectivity index (χ0) is 25.6. The molecule has 0 saturated carbocycles. The second-order valence-electron chi connectivity index (χ2n) is 8.91. The highest BCUT2D eigenvalue weighted by molar-refractivity contribution is 6.32. The average molecular weight is 476 g/mol. The zero-order valence-corrected chi connectivity index (χ0v) is 21.9. The smallest absolute Gasteiger partial charge is 0.402 e. The van der Waals surface area contributed by atoms with Crippen LogP contribution < -0.4 is 0 Å². The van der Waals surface area contributed by atoms with Gasteiger partial charge in [0.2, 0.25) is 0 Å². The maximum atomic E-state index is 8.97. The predicted molar refractivity (Wildman–Crippen MR) is 147 cm³/mol. The van der Waals surface area contributed by atoms with E-state index in [2.05, 4.69) is 100 Å². The minimum absolute atomic E-state index is 0.284. The van der Waals surface area contributed by atoms with Gasteiger partial charge in [0.15, 0.2) is 0 Å². The van der Waals surface area contributed by atoms with E-state index in [9.17, 15) is 0 Å². The van der Waals surface area contributed by atoms with Gasteiger partial charge in [0.1, 0.15) is 0 Å². The number of hydrogen-bond donors (Lipinski definition) is 2. The van der Waals surface area contributed by atoms with Crippen molar-refractivity contribution in [3.63, 3.8) is 0 Å². The molecular weight excluding hydrogens is 433 g/mol. The number of rotatable bonds is 12. The van der Waals surface area contributed by atoms with Gasteiger partial charge in [0, 0.05) is 12.0 Å². The molecule has 0 fully saturated rings. The van der Waals surface area contributed by atoms with Crippen LogP contribution in [-0.4, -0.2) is 54.6 Å². The molecule has 3 aromatic carbocycles. The first-order valence-electron chi connectivity index (χ1n) is 13.0. The van der Waals surface area contributed by atoms with Crippen LogP contribution in [0.25, 0.3) is 0 Å². The number of benzene rings is 3. The molecule has 0 aromatic heterocycles. The molecule has 188 valence electrons. The molecule has 0 atom stereocenters. The summed E-state index contributed by atoms with van der Waals surface area (Å²) < 4.78 is 6.23. The maximum Gasteiger partial charge on any atom is 0.633 e. The van der Waals surface area contributed by atoms with Crippen LogP contribution in [0.2, 0.25) is 0 Å². The van der Waals surface area contributed by atoms with Crippen LogP contribution in [0.5, 0.6) is 0 Å². The molecule has 0 amide bonds. The quantitative estimate of drug-likeness (QED) is 0.153. The van der Waals surface area contributed by atoms with E-state index in [1.807, 2.05) is 18.2 Å². The Hall–Kier alpha value is -2.44. The van der Waals surface area contributed by atoms with Gasteiger partial charge in [0.25, 0.3) is 0 Å². The van der Waals surface area contributed by atoms with Crippen molar-refractivity contribution in [3.8, 4) is 0 Å². The molecule has 0 spiro atoms. The van der Waals surface area contributed by atoms with Crippen molar-refractivity contribution in [2.24, 2.45) is 0 Å². The average Bonchev–Trinajstić information content (AvgIpc) is 2.92. The van der Waals surface area contributed by atoms with Crippen LogP contribution >= 0.6 is 0 Å². The fraction of sp³-hybridized carbons (Fsp3) is 0.400. The Kier molecular flexibility index (Phi) is 12.2. The Bertz CT molecular complexity index is 817. The summed E-state index contributed by atoms with van der Waals surface area (Å²) in [7, 11) is -1.73. The van der Waals surface area contributed by atoms with Crippen molar-refractivity contribution >= 4 is 7.32 Å². The standard InChI is InChI=1S/C22H23BO3.C8H20N/c24-23(25)26-18-10-17-22(19-11-4-1-5-12-19,20-13-6-2-7-14-20)21-15-8-3-9-16-21;1-5-9(6-2,7-3)8-4/h1-9,11-16,24-25H,10,17-18H2;5-8H2,1-4H3/q;+1. The van der Waals surface area contributed by atoms with Crippen molar-refractivity contribution in [2.45, 2.75) is 46.0 Å². The highest BCUT2D eigenvalue weighted by Gasteiger charge is 2.35. The molecule has 35 heavy (non-hydrogen) atoms. The summed E-state index contributed by atoms with van der Waals surface area (Å²) >= 11 is 0.